The Morgan fingerprint density at radius 1 is 1.14 bits per heavy atom. The summed E-state index contributed by atoms with van der Waals surface area (Å²) in [5.41, 5.74) is 0.680. The quantitative estimate of drug-likeness (QED) is 0.697. The fourth-order valence-corrected chi connectivity index (χ4v) is 1.04. The van der Waals surface area contributed by atoms with E-state index in [2.05, 4.69) is 0 Å². The number of rotatable bonds is 2. The molecule has 0 atom stereocenters. The van der Waals surface area contributed by atoms with Crippen LogP contribution in [0.15, 0.2) is 18.2 Å². The number of carboxylic acid groups (broad SMARTS) is 2. The number of carboxylic acids is 2. The van der Waals surface area contributed by atoms with Gasteiger partial charge in [0.1, 0.15) is 0 Å². The van der Waals surface area contributed by atoms with Gasteiger partial charge in [0.2, 0.25) is 0 Å². The predicted octanol–water partition coefficient (Wildman–Crippen LogP) is 0.743. The van der Waals surface area contributed by atoms with E-state index in [1.807, 2.05) is 0 Å². The molecule has 0 aromatic heterocycles. The van der Waals surface area contributed by atoms with Crippen molar-refractivity contribution in [1.29, 1.82) is 0 Å². The van der Waals surface area contributed by atoms with E-state index in [0.717, 1.165) is 0 Å². The van der Waals surface area contributed by atoms with Crippen LogP contribution in [0.25, 0.3) is 0 Å². The third-order valence-corrected chi connectivity index (χ3v) is 1.70. The third-order valence-electron chi connectivity index (χ3n) is 1.70. The van der Waals surface area contributed by atoms with Gasteiger partial charge in [0, 0.05) is 0 Å². The van der Waals surface area contributed by atoms with Gasteiger partial charge in [-0.05, 0) is 30.7 Å². The van der Waals surface area contributed by atoms with Gasteiger partial charge in [-0.25, -0.2) is 9.59 Å². The van der Waals surface area contributed by atoms with Crippen LogP contribution < -0.4 is 0 Å². The maximum atomic E-state index is 10.6. The fraction of sp³-hybridized carbons (Fsp3) is 0.111. The Hall–Kier alpha value is -0.840. The molecule has 0 unspecified atom stereocenters. The second kappa shape index (κ2) is 5.14. The number of carbonyl (C=O) groups is 2. The molecule has 0 bridgehead atoms. The molecule has 0 aliphatic rings. The second-order valence-corrected chi connectivity index (χ2v) is 2.64. The van der Waals surface area contributed by atoms with Gasteiger partial charge in [-0.2, -0.15) is 0 Å². The first-order valence-corrected chi connectivity index (χ1v) is 3.59. The molecule has 14 heavy (non-hydrogen) atoms. The molecular formula is C9H9NaO4. The summed E-state index contributed by atoms with van der Waals surface area (Å²) in [6, 6.07) is 3.91. The van der Waals surface area contributed by atoms with Gasteiger partial charge in [0.05, 0.1) is 11.1 Å². The number of hydrogen-bond donors (Lipinski definition) is 2. The van der Waals surface area contributed by atoms with E-state index in [0.29, 0.717) is 5.56 Å². The first-order valence-electron chi connectivity index (χ1n) is 3.59. The van der Waals surface area contributed by atoms with Gasteiger partial charge < -0.3 is 10.2 Å². The third kappa shape index (κ3) is 2.83. The molecule has 0 fully saturated rings. The zero-order chi connectivity index (χ0) is 10.0. The molecule has 0 amide bonds. The van der Waals surface area contributed by atoms with E-state index in [4.69, 9.17) is 10.2 Å². The van der Waals surface area contributed by atoms with E-state index in [-0.39, 0.29) is 40.7 Å². The summed E-state index contributed by atoms with van der Waals surface area (Å²) in [6.07, 6.45) is 0. The molecule has 4 nitrogen and oxygen atoms in total. The van der Waals surface area contributed by atoms with Crippen molar-refractivity contribution in [2.24, 2.45) is 0 Å². The molecule has 1 aromatic carbocycles. The monoisotopic (exact) mass is 204 g/mol. The first-order chi connectivity index (χ1) is 6.02. The molecule has 0 aliphatic carbocycles. The van der Waals surface area contributed by atoms with Crippen LogP contribution >= 0.6 is 0 Å². The van der Waals surface area contributed by atoms with Crippen molar-refractivity contribution in [3.05, 3.63) is 34.9 Å². The molecule has 1 aromatic rings. The van der Waals surface area contributed by atoms with E-state index in [9.17, 15) is 9.59 Å². The Morgan fingerprint density at radius 3 is 2.07 bits per heavy atom. The molecule has 0 saturated carbocycles. The first kappa shape index (κ1) is 13.2. The Labute approximate surface area is 103 Å². The molecule has 0 saturated heterocycles. The normalized spacial score (nSPS) is 8.93. The van der Waals surface area contributed by atoms with Gasteiger partial charge >= 0.3 is 41.5 Å². The van der Waals surface area contributed by atoms with Gasteiger partial charge in [0.15, 0.2) is 0 Å². The summed E-state index contributed by atoms with van der Waals surface area (Å²) >= 11 is 0. The second-order valence-electron chi connectivity index (χ2n) is 2.64. The van der Waals surface area contributed by atoms with Gasteiger partial charge in [-0.3, -0.25) is 0 Å². The van der Waals surface area contributed by atoms with Crippen LogP contribution in [0.2, 0.25) is 0 Å². The van der Waals surface area contributed by atoms with E-state index < -0.39 is 11.9 Å². The average Bonchev–Trinajstić information content (AvgIpc) is 2.03. The van der Waals surface area contributed by atoms with Crippen molar-refractivity contribution in [3.8, 4) is 0 Å². The van der Waals surface area contributed by atoms with Crippen molar-refractivity contribution in [2.45, 2.75) is 6.92 Å². The number of aromatic carboxylic acids is 2. The van der Waals surface area contributed by atoms with Crippen LogP contribution in [0.5, 0.6) is 0 Å². The summed E-state index contributed by atoms with van der Waals surface area (Å²) in [4.78, 5) is 21.0. The standard InChI is InChI=1S/C9H8O4.Na.H/c1-5-4-6(8(10)11)2-3-7(5)9(12)13;;/h2-4H,1H3,(H,10,11)(H,12,13);;. The molecule has 0 aliphatic heterocycles. The van der Waals surface area contributed by atoms with E-state index in [1.54, 1.807) is 6.92 Å². The van der Waals surface area contributed by atoms with Gasteiger partial charge in [0.25, 0.3) is 0 Å². The van der Waals surface area contributed by atoms with Crippen LogP contribution in [-0.4, -0.2) is 51.7 Å². The van der Waals surface area contributed by atoms with Crippen molar-refractivity contribution in [1.82, 2.24) is 0 Å². The summed E-state index contributed by atoms with van der Waals surface area (Å²) in [5.74, 6) is -2.10. The molecular weight excluding hydrogens is 195 g/mol. The Bertz CT molecular complexity index is 373. The zero-order valence-electron chi connectivity index (χ0n) is 6.94. The summed E-state index contributed by atoms with van der Waals surface area (Å²) in [7, 11) is 0. The Kier molecular flexibility index (Phi) is 4.83. The molecule has 2 N–H and O–H groups in total. The van der Waals surface area contributed by atoms with Crippen molar-refractivity contribution in [2.75, 3.05) is 0 Å². The molecule has 0 radical (unpaired) electrons. The average molecular weight is 204 g/mol. The van der Waals surface area contributed by atoms with Crippen molar-refractivity contribution >= 4 is 41.5 Å². The molecule has 0 heterocycles. The topological polar surface area (TPSA) is 74.6 Å². The molecule has 0 spiro atoms. The van der Waals surface area contributed by atoms with Crippen LogP contribution in [0.3, 0.4) is 0 Å². The number of hydrogen-bond acceptors (Lipinski definition) is 2. The van der Waals surface area contributed by atoms with Gasteiger partial charge in [-0.1, -0.05) is 0 Å². The minimum atomic E-state index is -1.06. The van der Waals surface area contributed by atoms with Crippen LogP contribution in [0.4, 0.5) is 0 Å². The van der Waals surface area contributed by atoms with Crippen LogP contribution in [-0.2, 0) is 0 Å². The molecule has 70 valence electrons. The summed E-state index contributed by atoms with van der Waals surface area (Å²) in [6.45, 7) is 1.57. The van der Waals surface area contributed by atoms with Crippen LogP contribution in [0, 0.1) is 6.92 Å². The fourth-order valence-electron chi connectivity index (χ4n) is 1.04. The van der Waals surface area contributed by atoms with Gasteiger partial charge in [-0.15, -0.1) is 0 Å². The van der Waals surface area contributed by atoms with Crippen LogP contribution in [0.1, 0.15) is 26.3 Å². The zero-order valence-corrected chi connectivity index (χ0v) is 6.94. The summed E-state index contributed by atoms with van der Waals surface area (Å²) < 4.78 is 0. The number of aryl methyl sites for hydroxylation is 1. The minimum absolute atomic E-state index is 0. The van der Waals surface area contributed by atoms with E-state index in [1.165, 1.54) is 18.2 Å². The Balaban J connectivity index is 0.00000169. The Morgan fingerprint density at radius 2 is 1.71 bits per heavy atom. The van der Waals surface area contributed by atoms with Crippen molar-refractivity contribution in [3.63, 3.8) is 0 Å². The molecule has 5 heteroatoms. The predicted molar refractivity (Wildman–Crippen MR) is 52.2 cm³/mol. The van der Waals surface area contributed by atoms with Crippen molar-refractivity contribution < 1.29 is 19.8 Å². The number of benzene rings is 1. The van der Waals surface area contributed by atoms with E-state index >= 15 is 0 Å². The summed E-state index contributed by atoms with van der Waals surface area (Å²) in [5, 5.41) is 17.2. The SMILES string of the molecule is Cc1cc(C(=O)O)ccc1C(=O)O.[NaH]. The molecule has 1 rings (SSSR count). The maximum absolute atomic E-state index is 10.6.